The highest BCUT2D eigenvalue weighted by Gasteiger charge is 2.40. The van der Waals surface area contributed by atoms with Crippen molar-refractivity contribution >= 4 is 40.9 Å². The smallest absolute Gasteiger partial charge is 0.255 e. The molecule has 1 aliphatic heterocycles. The van der Waals surface area contributed by atoms with Crippen LogP contribution in [0.15, 0.2) is 24.3 Å². The Kier molecular flexibility index (Phi) is 9.91. The summed E-state index contributed by atoms with van der Waals surface area (Å²) >= 11 is 1.39. The summed E-state index contributed by atoms with van der Waals surface area (Å²) < 4.78 is 24.7. The average Bonchev–Trinajstić information content (AvgIpc) is 3.09. The third-order valence-electron chi connectivity index (χ3n) is 5.35. The van der Waals surface area contributed by atoms with Crippen LogP contribution in [0.2, 0.25) is 0 Å². The number of nitriles is 1. The fraction of sp³-hybridized carbons (Fsp3) is 0.545. The van der Waals surface area contributed by atoms with Crippen LogP contribution in [0.1, 0.15) is 26.7 Å². The van der Waals surface area contributed by atoms with E-state index in [0.29, 0.717) is 19.5 Å². The van der Waals surface area contributed by atoms with Gasteiger partial charge >= 0.3 is 0 Å². The summed E-state index contributed by atoms with van der Waals surface area (Å²) in [5.74, 6) is -2.00. The summed E-state index contributed by atoms with van der Waals surface area (Å²) in [6, 6.07) is 9.25. The number of hydrogen-bond acceptors (Lipinski definition) is 6. The first-order valence-electron chi connectivity index (χ1n) is 10.7. The van der Waals surface area contributed by atoms with Crippen LogP contribution in [0.3, 0.4) is 0 Å². The second kappa shape index (κ2) is 12.4. The summed E-state index contributed by atoms with van der Waals surface area (Å²) in [4.78, 5) is 39.6. The fourth-order valence-electron chi connectivity index (χ4n) is 3.46. The number of rotatable bonds is 11. The minimum Gasteiger partial charge on any atom is -0.385 e. The molecule has 1 heterocycles. The van der Waals surface area contributed by atoms with Gasteiger partial charge in [-0.2, -0.15) is 5.26 Å². The number of amides is 3. The highest BCUT2D eigenvalue weighted by Crippen LogP contribution is 2.37. The number of anilines is 2. The van der Waals surface area contributed by atoms with Gasteiger partial charge in [0.15, 0.2) is 0 Å². The lowest BCUT2D eigenvalue weighted by molar-refractivity contribution is -0.131. The number of hydrogen-bond donors (Lipinski definition) is 2. The van der Waals surface area contributed by atoms with Crippen molar-refractivity contribution in [1.82, 2.24) is 10.2 Å². The zero-order valence-electron chi connectivity index (χ0n) is 18.9. The standard InChI is InChI=1S/C22H29F2N5O3S/c1-4-29-20(10-15(12-25)21(31)27-13-19(23)24)33-18(22(29)32)8-9-26-16-6-5-7-17(11-16)28(3)14(2)30/h5-7,11,15,18-20,26H,4,8-10,13H2,1-3H3,(H,27,31). The minimum atomic E-state index is -2.69. The maximum atomic E-state index is 12.8. The van der Waals surface area contributed by atoms with Crippen molar-refractivity contribution in [2.45, 2.75) is 43.7 Å². The second-order valence-corrected chi connectivity index (χ2v) is 8.99. The summed E-state index contributed by atoms with van der Waals surface area (Å²) in [6.07, 6.45) is -2.08. The van der Waals surface area contributed by atoms with Gasteiger partial charge < -0.3 is 20.4 Å². The maximum absolute atomic E-state index is 12.8. The quantitative estimate of drug-likeness (QED) is 0.504. The van der Waals surface area contributed by atoms with Gasteiger partial charge in [-0.25, -0.2) is 8.78 Å². The summed E-state index contributed by atoms with van der Waals surface area (Å²) in [5.41, 5.74) is 1.57. The Hall–Kier alpha value is -2.87. The molecule has 2 N–H and O–H groups in total. The fourth-order valence-corrected chi connectivity index (χ4v) is 5.05. The van der Waals surface area contributed by atoms with Gasteiger partial charge in [-0.1, -0.05) is 6.07 Å². The summed E-state index contributed by atoms with van der Waals surface area (Å²) in [7, 11) is 1.69. The molecule has 0 spiro atoms. The van der Waals surface area contributed by atoms with Gasteiger partial charge in [-0.15, -0.1) is 11.8 Å². The molecule has 0 saturated carbocycles. The molecule has 1 fully saturated rings. The van der Waals surface area contributed by atoms with Crippen LogP contribution in [0, 0.1) is 17.2 Å². The first-order valence-corrected chi connectivity index (χ1v) is 11.6. The van der Waals surface area contributed by atoms with Gasteiger partial charge in [0.25, 0.3) is 6.43 Å². The minimum absolute atomic E-state index is 0.0657. The molecule has 3 amide bonds. The van der Waals surface area contributed by atoms with Crippen molar-refractivity contribution in [1.29, 1.82) is 5.26 Å². The lowest BCUT2D eigenvalue weighted by Gasteiger charge is -2.23. The molecule has 0 aliphatic carbocycles. The predicted molar refractivity (Wildman–Crippen MR) is 124 cm³/mol. The maximum Gasteiger partial charge on any atom is 0.255 e. The van der Waals surface area contributed by atoms with Crippen molar-refractivity contribution in [3.63, 3.8) is 0 Å². The first kappa shape index (κ1) is 26.4. The molecule has 180 valence electrons. The van der Waals surface area contributed by atoms with Crippen LogP contribution in [-0.2, 0) is 14.4 Å². The molecule has 8 nitrogen and oxygen atoms in total. The molecular weight excluding hydrogens is 452 g/mol. The Labute approximate surface area is 196 Å². The Balaban J connectivity index is 1.94. The van der Waals surface area contributed by atoms with E-state index in [0.717, 1.165) is 11.4 Å². The Morgan fingerprint density at radius 1 is 1.36 bits per heavy atom. The molecule has 3 atom stereocenters. The number of benzene rings is 1. The highest BCUT2D eigenvalue weighted by molar-refractivity contribution is 8.01. The van der Waals surface area contributed by atoms with E-state index in [1.165, 1.54) is 23.6 Å². The molecule has 0 radical (unpaired) electrons. The van der Waals surface area contributed by atoms with E-state index in [9.17, 15) is 28.4 Å². The van der Waals surface area contributed by atoms with Crippen molar-refractivity contribution < 1.29 is 23.2 Å². The molecule has 0 aromatic heterocycles. The highest BCUT2D eigenvalue weighted by atomic mass is 32.2. The van der Waals surface area contributed by atoms with Gasteiger partial charge in [0.2, 0.25) is 17.7 Å². The third-order valence-corrected chi connectivity index (χ3v) is 6.88. The molecule has 1 saturated heterocycles. The SMILES string of the molecule is CCN1C(=O)C(CCNc2cccc(N(C)C(C)=O)c2)SC1CC(C#N)C(=O)NCC(F)F. The average molecular weight is 482 g/mol. The number of carbonyl (C=O) groups excluding carboxylic acids is 3. The van der Waals surface area contributed by atoms with E-state index in [-0.39, 0.29) is 28.9 Å². The Bertz CT molecular complexity index is 895. The van der Waals surface area contributed by atoms with E-state index in [1.807, 2.05) is 37.3 Å². The van der Waals surface area contributed by atoms with Crippen molar-refractivity contribution in [3.8, 4) is 6.07 Å². The van der Waals surface area contributed by atoms with Gasteiger partial charge in [0, 0.05) is 44.9 Å². The number of thioether (sulfide) groups is 1. The molecular formula is C22H29F2N5O3S. The van der Waals surface area contributed by atoms with Crippen LogP contribution in [-0.4, -0.2) is 66.4 Å². The summed E-state index contributed by atoms with van der Waals surface area (Å²) in [6.45, 7) is 3.44. The molecule has 0 bridgehead atoms. The van der Waals surface area contributed by atoms with E-state index in [1.54, 1.807) is 11.9 Å². The van der Waals surface area contributed by atoms with E-state index in [4.69, 9.17) is 0 Å². The van der Waals surface area contributed by atoms with Crippen molar-refractivity contribution in [2.75, 3.05) is 36.9 Å². The van der Waals surface area contributed by atoms with Crippen LogP contribution in [0.5, 0.6) is 0 Å². The first-order chi connectivity index (χ1) is 15.7. The molecule has 33 heavy (non-hydrogen) atoms. The Morgan fingerprint density at radius 2 is 2.09 bits per heavy atom. The molecule has 1 aromatic carbocycles. The predicted octanol–water partition coefficient (Wildman–Crippen LogP) is 2.67. The van der Waals surface area contributed by atoms with Crippen molar-refractivity contribution in [3.05, 3.63) is 24.3 Å². The zero-order chi connectivity index (χ0) is 24.5. The number of alkyl halides is 2. The monoisotopic (exact) mass is 481 g/mol. The van der Waals surface area contributed by atoms with E-state index >= 15 is 0 Å². The van der Waals surface area contributed by atoms with Gasteiger partial charge in [0.1, 0.15) is 5.92 Å². The normalized spacial score (nSPS) is 18.7. The molecule has 11 heteroatoms. The molecule has 2 rings (SSSR count). The largest absolute Gasteiger partial charge is 0.385 e. The molecule has 3 unspecified atom stereocenters. The topological polar surface area (TPSA) is 106 Å². The van der Waals surface area contributed by atoms with Gasteiger partial charge in [0.05, 0.1) is 23.2 Å². The lowest BCUT2D eigenvalue weighted by Crippen LogP contribution is -2.39. The molecule has 1 aromatic rings. The Morgan fingerprint density at radius 3 is 2.70 bits per heavy atom. The number of carbonyl (C=O) groups is 3. The number of halogens is 2. The van der Waals surface area contributed by atoms with Crippen LogP contribution in [0.4, 0.5) is 20.2 Å². The van der Waals surface area contributed by atoms with Crippen molar-refractivity contribution in [2.24, 2.45) is 5.92 Å². The second-order valence-electron chi connectivity index (χ2n) is 7.60. The molecule has 1 aliphatic rings. The van der Waals surface area contributed by atoms with E-state index < -0.39 is 24.8 Å². The van der Waals surface area contributed by atoms with Gasteiger partial charge in [-0.3, -0.25) is 14.4 Å². The number of nitrogens with one attached hydrogen (secondary N) is 2. The number of nitrogens with zero attached hydrogens (tertiary/aromatic N) is 3. The van der Waals surface area contributed by atoms with Gasteiger partial charge in [-0.05, 0) is 31.5 Å². The van der Waals surface area contributed by atoms with Crippen LogP contribution >= 0.6 is 11.8 Å². The van der Waals surface area contributed by atoms with Crippen LogP contribution < -0.4 is 15.5 Å². The van der Waals surface area contributed by atoms with E-state index in [2.05, 4.69) is 10.6 Å². The summed E-state index contributed by atoms with van der Waals surface area (Å²) in [5, 5.41) is 14.0. The van der Waals surface area contributed by atoms with Crippen LogP contribution in [0.25, 0.3) is 0 Å². The lowest BCUT2D eigenvalue weighted by atomic mass is 10.1. The zero-order valence-corrected chi connectivity index (χ0v) is 19.7. The third kappa shape index (κ3) is 7.32.